The quantitative estimate of drug-likeness (QED) is 0.827. The van der Waals surface area contributed by atoms with Crippen LogP contribution in [0.1, 0.15) is 11.1 Å². The molecule has 0 unspecified atom stereocenters. The van der Waals surface area contributed by atoms with E-state index in [1.165, 1.54) is 25.3 Å². The van der Waals surface area contributed by atoms with Gasteiger partial charge in [0.15, 0.2) is 6.61 Å². The standard InChI is InChI=1S/C18H18FNO4/c1-12-7-8-16(23-2)13(9-12)10-18(22)24-11-17(21)20-15-6-4-3-5-14(15)19/h3-9H,10-11H2,1-2H3,(H,20,21). The predicted octanol–water partition coefficient (Wildman–Crippen LogP) is 2.87. The lowest BCUT2D eigenvalue weighted by Crippen LogP contribution is -2.22. The maximum Gasteiger partial charge on any atom is 0.310 e. The summed E-state index contributed by atoms with van der Waals surface area (Å²) in [5, 5.41) is 2.35. The third-order valence-electron chi connectivity index (χ3n) is 3.28. The van der Waals surface area contributed by atoms with Crippen LogP contribution in [-0.4, -0.2) is 25.6 Å². The van der Waals surface area contributed by atoms with Crippen molar-refractivity contribution >= 4 is 17.6 Å². The van der Waals surface area contributed by atoms with E-state index in [1.807, 2.05) is 19.1 Å². The fraction of sp³-hybridized carbons (Fsp3) is 0.222. The Kier molecular flexibility index (Phi) is 5.89. The van der Waals surface area contributed by atoms with Crippen LogP contribution in [-0.2, 0) is 20.7 Å². The van der Waals surface area contributed by atoms with E-state index in [9.17, 15) is 14.0 Å². The number of ether oxygens (including phenoxy) is 2. The topological polar surface area (TPSA) is 64.6 Å². The minimum Gasteiger partial charge on any atom is -0.496 e. The van der Waals surface area contributed by atoms with Crippen molar-refractivity contribution in [2.75, 3.05) is 19.0 Å². The molecule has 6 heteroatoms. The maximum absolute atomic E-state index is 13.4. The summed E-state index contributed by atoms with van der Waals surface area (Å²) in [5.41, 5.74) is 1.70. The van der Waals surface area contributed by atoms with E-state index in [4.69, 9.17) is 9.47 Å². The van der Waals surface area contributed by atoms with Crippen molar-refractivity contribution in [3.8, 4) is 5.75 Å². The first-order valence-corrected chi connectivity index (χ1v) is 7.33. The molecule has 0 spiro atoms. The van der Waals surface area contributed by atoms with Crippen LogP contribution in [0.25, 0.3) is 0 Å². The molecule has 2 aromatic rings. The zero-order chi connectivity index (χ0) is 17.5. The van der Waals surface area contributed by atoms with Gasteiger partial charge in [-0.15, -0.1) is 0 Å². The van der Waals surface area contributed by atoms with Gasteiger partial charge in [0.1, 0.15) is 11.6 Å². The fourth-order valence-corrected chi connectivity index (χ4v) is 2.15. The average molecular weight is 331 g/mol. The molecule has 0 saturated carbocycles. The SMILES string of the molecule is COc1ccc(C)cc1CC(=O)OCC(=O)Nc1ccccc1F. The highest BCUT2D eigenvalue weighted by Gasteiger charge is 2.13. The third-order valence-corrected chi connectivity index (χ3v) is 3.28. The van der Waals surface area contributed by atoms with Crippen molar-refractivity contribution in [1.82, 2.24) is 0 Å². The second-order valence-electron chi connectivity index (χ2n) is 5.18. The van der Waals surface area contributed by atoms with Gasteiger partial charge in [0, 0.05) is 5.56 Å². The minimum absolute atomic E-state index is 0.0160. The van der Waals surface area contributed by atoms with Gasteiger partial charge >= 0.3 is 5.97 Å². The van der Waals surface area contributed by atoms with E-state index in [2.05, 4.69) is 5.32 Å². The van der Waals surface area contributed by atoms with Gasteiger partial charge in [-0.1, -0.05) is 29.8 Å². The summed E-state index contributed by atoms with van der Waals surface area (Å²) < 4.78 is 23.5. The van der Waals surface area contributed by atoms with Crippen molar-refractivity contribution in [1.29, 1.82) is 0 Å². The molecule has 0 aromatic heterocycles. The molecule has 126 valence electrons. The number of hydrogen-bond donors (Lipinski definition) is 1. The van der Waals surface area contributed by atoms with Crippen LogP contribution < -0.4 is 10.1 Å². The Morgan fingerprint density at radius 2 is 1.92 bits per heavy atom. The highest BCUT2D eigenvalue weighted by atomic mass is 19.1. The molecule has 0 aliphatic rings. The van der Waals surface area contributed by atoms with Crippen LogP contribution in [0.15, 0.2) is 42.5 Å². The first kappa shape index (κ1) is 17.5. The first-order valence-electron chi connectivity index (χ1n) is 7.33. The van der Waals surface area contributed by atoms with Gasteiger partial charge < -0.3 is 14.8 Å². The van der Waals surface area contributed by atoms with Gasteiger partial charge in [0.05, 0.1) is 19.2 Å². The van der Waals surface area contributed by atoms with E-state index in [-0.39, 0.29) is 12.1 Å². The molecule has 1 amide bonds. The van der Waals surface area contributed by atoms with Crippen LogP contribution in [0.3, 0.4) is 0 Å². The number of para-hydroxylation sites is 1. The third kappa shape index (κ3) is 4.81. The number of carbonyl (C=O) groups is 2. The van der Waals surface area contributed by atoms with E-state index in [0.717, 1.165) is 5.56 Å². The van der Waals surface area contributed by atoms with Crippen molar-refractivity contribution in [2.24, 2.45) is 0 Å². The number of amides is 1. The van der Waals surface area contributed by atoms with Crippen molar-refractivity contribution in [2.45, 2.75) is 13.3 Å². The molecule has 2 aromatic carbocycles. The van der Waals surface area contributed by atoms with Gasteiger partial charge in [0.2, 0.25) is 0 Å². The zero-order valence-corrected chi connectivity index (χ0v) is 13.5. The number of halogens is 1. The number of benzene rings is 2. The molecule has 0 atom stereocenters. The fourth-order valence-electron chi connectivity index (χ4n) is 2.15. The number of nitrogens with one attached hydrogen (secondary N) is 1. The number of rotatable bonds is 6. The van der Waals surface area contributed by atoms with Crippen LogP contribution in [0.4, 0.5) is 10.1 Å². The highest BCUT2D eigenvalue weighted by Crippen LogP contribution is 2.20. The first-order chi connectivity index (χ1) is 11.5. The molecular formula is C18H18FNO4. The molecule has 24 heavy (non-hydrogen) atoms. The summed E-state index contributed by atoms with van der Waals surface area (Å²) in [4.78, 5) is 23.6. The summed E-state index contributed by atoms with van der Waals surface area (Å²) in [5.74, 6) is -1.15. The van der Waals surface area contributed by atoms with Crippen LogP contribution in [0.5, 0.6) is 5.75 Å². The molecule has 5 nitrogen and oxygen atoms in total. The Labute approximate surface area is 139 Å². The largest absolute Gasteiger partial charge is 0.496 e. The Bertz CT molecular complexity index is 746. The Morgan fingerprint density at radius 1 is 1.17 bits per heavy atom. The second kappa shape index (κ2) is 8.10. The molecule has 0 saturated heterocycles. The molecule has 0 radical (unpaired) electrons. The number of esters is 1. The molecule has 0 fully saturated rings. The highest BCUT2D eigenvalue weighted by molar-refractivity contribution is 5.93. The molecule has 2 rings (SSSR count). The van der Waals surface area contributed by atoms with Gasteiger partial charge in [-0.3, -0.25) is 9.59 Å². The molecule has 0 aliphatic carbocycles. The van der Waals surface area contributed by atoms with E-state index in [0.29, 0.717) is 11.3 Å². The molecular weight excluding hydrogens is 313 g/mol. The molecule has 0 aliphatic heterocycles. The van der Waals surface area contributed by atoms with Crippen LogP contribution in [0, 0.1) is 12.7 Å². The van der Waals surface area contributed by atoms with Gasteiger partial charge in [-0.05, 0) is 25.1 Å². The lowest BCUT2D eigenvalue weighted by Gasteiger charge is -2.10. The number of methoxy groups -OCH3 is 1. The van der Waals surface area contributed by atoms with Crippen molar-refractivity contribution in [3.63, 3.8) is 0 Å². The zero-order valence-electron chi connectivity index (χ0n) is 13.5. The lowest BCUT2D eigenvalue weighted by atomic mass is 10.1. The lowest BCUT2D eigenvalue weighted by molar-refractivity contribution is -0.146. The Hall–Kier alpha value is -2.89. The number of carbonyl (C=O) groups excluding carboxylic acids is 2. The molecule has 1 N–H and O–H groups in total. The summed E-state index contributed by atoms with van der Waals surface area (Å²) in [6.45, 7) is 1.41. The van der Waals surface area contributed by atoms with Gasteiger partial charge in [-0.2, -0.15) is 0 Å². The summed E-state index contributed by atoms with van der Waals surface area (Å²) in [7, 11) is 1.52. The molecule has 0 bridgehead atoms. The van der Waals surface area contributed by atoms with Crippen molar-refractivity contribution in [3.05, 3.63) is 59.4 Å². The molecule has 0 heterocycles. The predicted molar refractivity (Wildman–Crippen MR) is 87.4 cm³/mol. The van der Waals surface area contributed by atoms with E-state index >= 15 is 0 Å². The minimum atomic E-state index is -0.607. The van der Waals surface area contributed by atoms with Crippen LogP contribution in [0.2, 0.25) is 0 Å². The van der Waals surface area contributed by atoms with E-state index < -0.39 is 24.3 Å². The average Bonchev–Trinajstić information content (AvgIpc) is 2.55. The van der Waals surface area contributed by atoms with Crippen molar-refractivity contribution < 1.29 is 23.5 Å². The maximum atomic E-state index is 13.4. The Morgan fingerprint density at radius 3 is 2.62 bits per heavy atom. The summed E-state index contributed by atoms with van der Waals surface area (Å²) in [6, 6.07) is 11.2. The number of aryl methyl sites for hydroxylation is 1. The normalized spacial score (nSPS) is 10.1. The van der Waals surface area contributed by atoms with Crippen LogP contribution >= 0.6 is 0 Å². The Balaban J connectivity index is 1.88. The summed E-state index contributed by atoms with van der Waals surface area (Å²) >= 11 is 0. The number of anilines is 1. The number of hydrogen-bond acceptors (Lipinski definition) is 4. The monoisotopic (exact) mass is 331 g/mol. The van der Waals surface area contributed by atoms with E-state index in [1.54, 1.807) is 12.1 Å². The second-order valence-corrected chi connectivity index (χ2v) is 5.18. The van der Waals surface area contributed by atoms with Gasteiger partial charge in [-0.25, -0.2) is 4.39 Å². The smallest absolute Gasteiger partial charge is 0.310 e. The van der Waals surface area contributed by atoms with Gasteiger partial charge in [0.25, 0.3) is 5.91 Å². The summed E-state index contributed by atoms with van der Waals surface area (Å²) in [6.07, 6.45) is -0.0160.